The van der Waals surface area contributed by atoms with Crippen molar-refractivity contribution in [2.24, 2.45) is 0 Å². The first-order chi connectivity index (χ1) is 11.6. The maximum absolute atomic E-state index is 11.5. The van der Waals surface area contributed by atoms with Gasteiger partial charge in [0.25, 0.3) is 0 Å². The molecule has 1 N–H and O–H groups in total. The first kappa shape index (κ1) is 15.4. The first-order valence-corrected chi connectivity index (χ1v) is 8.28. The molecule has 0 saturated carbocycles. The van der Waals surface area contributed by atoms with Gasteiger partial charge in [-0.05, 0) is 23.6 Å². The van der Waals surface area contributed by atoms with Crippen LogP contribution in [0, 0.1) is 6.92 Å². The second-order valence-electron chi connectivity index (χ2n) is 6.53. The van der Waals surface area contributed by atoms with Gasteiger partial charge in [-0.15, -0.1) is 0 Å². The number of carbonyl (C=O) groups excluding carboxylic acids is 1. The quantitative estimate of drug-likeness (QED) is 0.882. The molecule has 4 heteroatoms. The highest BCUT2D eigenvalue weighted by atomic mass is 16.6. The summed E-state index contributed by atoms with van der Waals surface area (Å²) >= 11 is 0. The zero-order chi connectivity index (χ0) is 16.7. The van der Waals surface area contributed by atoms with E-state index in [4.69, 9.17) is 9.47 Å². The zero-order valence-corrected chi connectivity index (χ0v) is 13.5. The molecule has 5 atom stereocenters. The summed E-state index contributed by atoms with van der Waals surface area (Å²) in [5.74, 6) is -0.402. The SMILES string of the molecule is Cc1ccccc1[C@H](c1ccccc1)[C@H]1O[C@@H]2CC(=O)O[C@@H]2[C@H]1O. The van der Waals surface area contributed by atoms with Gasteiger partial charge in [0, 0.05) is 5.92 Å². The number of fused-ring (bicyclic) bond motifs is 1. The fourth-order valence-corrected chi connectivity index (χ4v) is 3.86. The Balaban J connectivity index is 1.75. The minimum Gasteiger partial charge on any atom is -0.457 e. The molecule has 0 amide bonds. The molecule has 2 fully saturated rings. The third-order valence-electron chi connectivity index (χ3n) is 5.02. The summed E-state index contributed by atoms with van der Waals surface area (Å²) in [6, 6.07) is 18.2. The highest BCUT2D eigenvalue weighted by molar-refractivity contribution is 5.73. The number of aliphatic hydroxyl groups is 1. The molecule has 2 aliphatic heterocycles. The second kappa shape index (κ2) is 6.04. The average Bonchev–Trinajstić information content (AvgIpc) is 3.09. The lowest BCUT2D eigenvalue weighted by Crippen LogP contribution is -2.36. The Morgan fingerprint density at radius 3 is 2.50 bits per heavy atom. The number of ether oxygens (including phenoxy) is 2. The van der Waals surface area contributed by atoms with Crippen molar-refractivity contribution in [1.29, 1.82) is 0 Å². The lowest BCUT2D eigenvalue weighted by Gasteiger charge is -2.28. The summed E-state index contributed by atoms with van der Waals surface area (Å²) in [6.45, 7) is 2.06. The van der Waals surface area contributed by atoms with Crippen molar-refractivity contribution in [3.63, 3.8) is 0 Å². The van der Waals surface area contributed by atoms with Gasteiger partial charge in [0.05, 0.1) is 12.5 Å². The summed E-state index contributed by atoms with van der Waals surface area (Å²) in [7, 11) is 0. The van der Waals surface area contributed by atoms with Crippen molar-refractivity contribution in [3.05, 3.63) is 71.3 Å². The Morgan fingerprint density at radius 1 is 1.08 bits per heavy atom. The molecule has 2 aliphatic rings. The minimum absolute atomic E-state index is 0.105. The van der Waals surface area contributed by atoms with E-state index in [1.54, 1.807) is 0 Å². The molecule has 4 nitrogen and oxygen atoms in total. The highest BCUT2D eigenvalue weighted by Gasteiger charge is 2.53. The van der Waals surface area contributed by atoms with E-state index in [-0.39, 0.29) is 24.4 Å². The maximum atomic E-state index is 11.5. The van der Waals surface area contributed by atoms with E-state index in [2.05, 4.69) is 19.1 Å². The topological polar surface area (TPSA) is 55.8 Å². The summed E-state index contributed by atoms with van der Waals surface area (Å²) in [5, 5.41) is 10.8. The molecule has 2 heterocycles. The van der Waals surface area contributed by atoms with Gasteiger partial charge in [-0.3, -0.25) is 4.79 Å². The van der Waals surface area contributed by atoms with Crippen molar-refractivity contribution in [2.45, 2.75) is 43.7 Å². The summed E-state index contributed by atoms with van der Waals surface area (Å²) < 4.78 is 11.4. The van der Waals surface area contributed by atoms with Gasteiger partial charge in [-0.25, -0.2) is 0 Å². The van der Waals surface area contributed by atoms with E-state index in [0.29, 0.717) is 0 Å². The van der Waals surface area contributed by atoms with Crippen LogP contribution < -0.4 is 0 Å². The van der Waals surface area contributed by atoms with Crippen LogP contribution in [-0.4, -0.2) is 35.5 Å². The van der Waals surface area contributed by atoms with Gasteiger partial charge in [0.15, 0.2) is 6.10 Å². The predicted octanol–water partition coefficient (Wildman–Crippen LogP) is 2.57. The molecule has 0 aromatic heterocycles. The van der Waals surface area contributed by atoms with Crippen LogP contribution in [0.3, 0.4) is 0 Å². The lowest BCUT2D eigenvalue weighted by atomic mass is 9.82. The van der Waals surface area contributed by atoms with E-state index in [1.807, 2.05) is 42.5 Å². The fourth-order valence-electron chi connectivity index (χ4n) is 3.86. The number of hydrogen-bond donors (Lipinski definition) is 1. The maximum Gasteiger partial charge on any atom is 0.309 e. The number of esters is 1. The first-order valence-electron chi connectivity index (χ1n) is 8.28. The number of hydrogen-bond acceptors (Lipinski definition) is 4. The third-order valence-corrected chi connectivity index (χ3v) is 5.02. The molecule has 4 rings (SSSR count). The Kier molecular flexibility index (Phi) is 3.87. The number of aliphatic hydroxyl groups excluding tert-OH is 1. The smallest absolute Gasteiger partial charge is 0.309 e. The molecular formula is C20H20O4. The molecule has 0 spiro atoms. The van der Waals surface area contributed by atoms with Crippen LogP contribution in [0.4, 0.5) is 0 Å². The summed E-state index contributed by atoms with van der Waals surface area (Å²) in [4.78, 5) is 11.5. The number of rotatable bonds is 3. The molecule has 124 valence electrons. The number of carbonyl (C=O) groups is 1. The van der Waals surface area contributed by atoms with Gasteiger partial charge in [0.2, 0.25) is 0 Å². The molecule has 0 unspecified atom stereocenters. The third kappa shape index (κ3) is 2.52. The van der Waals surface area contributed by atoms with E-state index < -0.39 is 18.3 Å². The Morgan fingerprint density at radius 2 is 1.79 bits per heavy atom. The normalized spacial score (nSPS) is 30.0. The van der Waals surface area contributed by atoms with Crippen molar-refractivity contribution >= 4 is 5.97 Å². The zero-order valence-electron chi connectivity index (χ0n) is 13.5. The van der Waals surface area contributed by atoms with Crippen LogP contribution in [0.25, 0.3) is 0 Å². The summed E-state index contributed by atoms with van der Waals surface area (Å²) in [5.41, 5.74) is 3.36. The van der Waals surface area contributed by atoms with Crippen molar-refractivity contribution in [3.8, 4) is 0 Å². The van der Waals surface area contributed by atoms with Crippen LogP contribution in [0.15, 0.2) is 54.6 Å². The molecule has 2 aromatic rings. The molecule has 24 heavy (non-hydrogen) atoms. The van der Waals surface area contributed by atoms with Gasteiger partial charge in [-0.2, -0.15) is 0 Å². The van der Waals surface area contributed by atoms with Gasteiger partial charge in [0.1, 0.15) is 12.2 Å². The summed E-state index contributed by atoms with van der Waals surface area (Å²) in [6.07, 6.45) is -1.96. The monoisotopic (exact) mass is 324 g/mol. The van der Waals surface area contributed by atoms with Crippen LogP contribution >= 0.6 is 0 Å². The molecule has 0 bridgehead atoms. The molecule has 0 aliphatic carbocycles. The second-order valence-corrected chi connectivity index (χ2v) is 6.53. The molecule has 2 aromatic carbocycles. The van der Waals surface area contributed by atoms with Crippen molar-refractivity contribution in [2.75, 3.05) is 0 Å². The van der Waals surface area contributed by atoms with E-state index in [9.17, 15) is 9.90 Å². The van der Waals surface area contributed by atoms with Gasteiger partial charge in [-0.1, -0.05) is 54.6 Å². The average molecular weight is 324 g/mol. The molecular weight excluding hydrogens is 304 g/mol. The van der Waals surface area contributed by atoms with Crippen molar-refractivity contribution < 1.29 is 19.4 Å². The fraction of sp³-hybridized carbons (Fsp3) is 0.350. The standard InChI is InChI=1S/C20H20O4/c1-12-7-5-6-10-14(12)17(13-8-3-2-4-9-13)20-18(22)19-15(23-20)11-16(21)24-19/h2-10,15,17-20,22H,11H2,1H3/t15-,17+,18-,19+,20-/m1/s1. The number of benzene rings is 2. The van der Waals surface area contributed by atoms with Gasteiger partial charge < -0.3 is 14.6 Å². The Bertz CT molecular complexity index is 742. The lowest BCUT2D eigenvalue weighted by molar-refractivity contribution is -0.145. The van der Waals surface area contributed by atoms with Crippen LogP contribution in [0.2, 0.25) is 0 Å². The van der Waals surface area contributed by atoms with Crippen molar-refractivity contribution in [1.82, 2.24) is 0 Å². The van der Waals surface area contributed by atoms with Crippen LogP contribution in [-0.2, 0) is 14.3 Å². The van der Waals surface area contributed by atoms with E-state index >= 15 is 0 Å². The van der Waals surface area contributed by atoms with Crippen LogP contribution in [0.5, 0.6) is 0 Å². The van der Waals surface area contributed by atoms with Gasteiger partial charge >= 0.3 is 5.97 Å². The van der Waals surface area contributed by atoms with E-state index in [0.717, 1.165) is 16.7 Å². The number of aryl methyl sites for hydroxylation is 1. The molecule has 2 saturated heterocycles. The van der Waals surface area contributed by atoms with Crippen LogP contribution in [0.1, 0.15) is 29.0 Å². The predicted molar refractivity (Wildman–Crippen MR) is 88.6 cm³/mol. The minimum atomic E-state index is -0.828. The molecule has 0 radical (unpaired) electrons. The largest absolute Gasteiger partial charge is 0.457 e. The van der Waals surface area contributed by atoms with E-state index in [1.165, 1.54) is 0 Å². The highest BCUT2D eigenvalue weighted by Crippen LogP contribution is 2.41. The Labute approximate surface area is 141 Å². The Hall–Kier alpha value is -2.17.